The predicted molar refractivity (Wildman–Crippen MR) is 75.1 cm³/mol. The third-order valence-electron chi connectivity index (χ3n) is 3.54. The molecule has 0 N–H and O–H groups in total. The van der Waals surface area contributed by atoms with E-state index in [1.807, 2.05) is 6.92 Å². The summed E-state index contributed by atoms with van der Waals surface area (Å²) in [5.74, 6) is 1.01. The first-order valence-electron chi connectivity index (χ1n) is 6.82. The molecule has 0 spiro atoms. The van der Waals surface area contributed by atoms with Crippen LogP contribution < -0.4 is 4.74 Å². The van der Waals surface area contributed by atoms with Crippen molar-refractivity contribution in [2.75, 3.05) is 39.8 Å². The Hall–Kier alpha value is -1.06. The first-order chi connectivity index (χ1) is 8.69. The molecule has 1 aromatic carbocycles. The van der Waals surface area contributed by atoms with Crippen LogP contribution in [0.1, 0.15) is 18.1 Å². The lowest BCUT2D eigenvalue weighted by molar-refractivity contribution is 0.148. The van der Waals surface area contributed by atoms with Crippen molar-refractivity contribution in [1.29, 1.82) is 0 Å². The van der Waals surface area contributed by atoms with E-state index in [4.69, 9.17) is 4.74 Å². The lowest BCUT2D eigenvalue weighted by Gasteiger charge is -2.32. The lowest BCUT2D eigenvalue weighted by Crippen LogP contribution is -2.43. The summed E-state index contributed by atoms with van der Waals surface area (Å²) in [7, 11) is 2.19. The van der Waals surface area contributed by atoms with Crippen LogP contribution in [0, 0.1) is 6.92 Å². The van der Waals surface area contributed by atoms with Gasteiger partial charge in [0.05, 0.1) is 6.61 Å². The highest BCUT2D eigenvalue weighted by Crippen LogP contribution is 2.20. The SMILES string of the molecule is CCOc1ccc(CN2CCN(C)CC2)cc1C. The second kappa shape index (κ2) is 6.21. The summed E-state index contributed by atoms with van der Waals surface area (Å²) >= 11 is 0. The van der Waals surface area contributed by atoms with Crippen molar-refractivity contribution in [3.05, 3.63) is 29.3 Å². The number of benzene rings is 1. The summed E-state index contributed by atoms with van der Waals surface area (Å²) in [6.07, 6.45) is 0. The number of ether oxygens (including phenoxy) is 1. The fourth-order valence-corrected chi connectivity index (χ4v) is 2.39. The van der Waals surface area contributed by atoms with Crippen LogP contribution in [0.4, 0.5) is 0 Å². The van der Waals surface area contributed by atoms with Crippen molar-refractivity contribution in [3.63, 3.8) is 0 Å². The maximum atomic E-state index is 5.58. The number of nitrogens with zero attached hydrogens (tertiary/aromatic N) is 2. The van der Waals surface area contributed by atoms with Gasteiger partial charge >= 0.3 is 0 Å². The average molecular weight is 248 g/mol. The maximum Gasteiger partial charge on any atom is 0.122 e. The monoisotopic (exact) mass is 248 g/mol. The van der Waals surface area contributed by atoms with E-state index in [0.717, 1.165) is 18.9 Å². The van der Waals surface area contributed by atoms with E-state index in [9.17, 15) is 0 Å². The van der Waals surface area contributed by atoms with Gasteiger partial charge in [-0.25, -0.2) is 0 Å². The van der Waals surface area contributed by atoms with Crippen LogP contribution >= 0.6 is 0 Å². The number of aryl methyl sites for hydroxylation is 1. The Morgan fingerprint density at radius 1 is 1.17 bits per heavy atom. The van der Waals surface area contributed by atoms with Crippen molar-refractivity contribution in [2.24, 2.45) is 0 Å². The van der Waals surface area contributed by atoms with Gasteiger partial charge in [0.1, 0.15) is 5.75 Å². The Balaban J connectivity index is 1.95. The summed E-state index contributed by atoms with van der Waals surface area (Å²) in [6.45, 7) is 10.6. The minimum absolute atomic E-state index is 0.735. The highest BCUT2D eigenvalue weighted by molar-refractivity contribution is 5.36. The Kier molecular flexibility index (Phi) is 4.61. The number of likely N-dealkylation sites (N-methyl/N-ethyl adjacent to an activating group) is 1. The third-order valence-corrected chi connectivity index (χ3v) is 3.54. The van der Waals surface area contributed by atoms with Gasteiger partial charge in [-0.3, -0.25) is 4.90 Å². The Labute approximate surface area is 110 Å². The molecule has 0 amide bonds. The fourth-order valence-electron chi connectivity index (χ4n) is 2.39. The van der Waals surface area contributed by atoms with Crippen LogP contribution in [0.25, 0.3) is 0 Å². The van der Waals surface area contributed by atoms with E-state index >= 15 is 0 Å². The van der Waals surface area contributed by atoms with Crippen LogP contribution in [0.5, 0.6) is 5.75 Å². The molecular formula is C15H24N2O. The second-order valence-corrected chi connectivity index (χ2v) is 5.11. The molecule has 3 heteroatoms. The van der Waals surface area contributed by atoms with E-state index in [-0.39, 0.29) is 0 Å². The van der Waals surface area contributed by atoms with Gasteiger partial charge in [0.2, 0.25) is 0 Å². The van der Waals surface area contributed by atoms with E-state index in [2.05, 4.69) is 42.0 Å². The average Bonchev–Trinajstić information content (AvgIpc) is 2.36. The highest BCUT2D eigenvalue weighted by Gasteiger charge is 2.14. The summed E-state index contributed by atoms with van der Waals surface area (Å²) in [5.41, 5.74) is 2.63. The molecule has 0 bridgehead atoms. The van der Waals surface area contributed by atoms with Crippen molar-refractivity contribution in [2.45, 2.75) is 20.4 Å². The van der Waals surface area contributed by atoms with Gasteiger partial charge in [0.25, 0.3) is 0 Å². The molecule has 0 radical (unpaired) electrons. The molecule has 1 aromatic rings. The normalized spacial score (nSPS) is 17.9. The molecule has 100 valence electrons. The van der Waals surface area contributed by atoms with Crippen LogP contribution in [0.2, 0.25) is 0 Å². The van der Waals surface area contributed by atoms with Gasteiger partial charge in [0, 0.05) is 32.7 Å². The molecular weight excluding hydrogens is 224 g/mol. The quantitative estimate of drug-likeness (QED) is 0.812. The predicted octanol–water partition coefficient (Wildman–Crippen LogP) is 2.14. The van der Waals surface area contributed by atoms with Gasteiger partial charge in [-0.2, -0.15) is 0 Å². The molecule has 1 fully saturated rings. The molecule has 18 heavy (non-hydrogen) atoms. The van der Waals surface area contributed by atoms with E-state index in [0.29, 0.717) is 0 Å². The zero-order valence-corrected chi connectivity index (χ0v) is 11.8. The maximum absolute atomic E-state index is 5.58. The molecule has 1 heterocycles. The molecule has 0 saturated carbocycles. The first-order valence-corrected chi connectivity index (χ1v) is 6.82. The zero-order chi connectivity index (χ0) is 13.0. The molecule has 1 aliphatic heterocycles. The Morgan fingerprint density at radius 2 is 1.89 bits per heavy atom. The van der Waals surface area contributed by atoms with E-state index in [1.54, 1.807) is 0 Å². The number of hydrogen-bond acceptors (Lipinski definition) is 3. The minimum atomic E-state index is 0.735. The fraction of sp³-hybridized carbons (Fsp3) is 0.600. The summed E-state index contributed by atoms with van der Waals surface area (Å²) in [4.78, 5) is 4.91. The Morgan fingerprint density at radius 3 is 2.50 bits per heavy atom. The van der Waals surface area contributed by atoms with Crippen LogP contribution in [-0.4, -0.2) is 49.6 Å². The molecule has 1 saturated heterocycles. The zero-order valence-electron chi connectivity index (χ0n) is 11.8. The first kappa shape index (κ1) is 13.4. The van der Waals surface area contributed by atoms with Crippen LogP contribution in [0.3, 0.4) is 0 Å². The Bertz CT molecular complexity index is 384. The topological polar surface area (TPSA) is 15.7 Å². The largest absolute Gasteiger partial charge is 0.494 e. The molecule has 2 rings (SSSR count). The molecule has 0 aliphatic carbocycles. The number of rotatable bonds is 4. The van der Waals surface area contributed by atoms with Crippen molar-refractivity contribution >= 4 is 0 Å². The smallest absolute Gasteiger partial charge is 0.122 e. The third kappa shape index (κ3) is 3.47. The van der Waals surface area contributed by atoms with Crippen molar-refractivity contribution < 1.29 is 4.74 Å². The minimum Gasteiger partial charge on any atom is -0.494 e. The van der Waals surface area contributed by atoms with Crippen molar-refractivity contribution in [1.82, 2.24) is 9.80 Å². The summed E-state index contributed by atoms with van der Waals surface area (Å²) < 4.78 is 5.58. The van der Waals surface area contributed by atoms with Gasteiger partial charge in [-0.15, -0.1) is 0 Å². The summed E-state index contributed by atoms with van der Waals surface area (Å²) in [5, 5.41) is 0. The molecule has 0 aromatic heterocycles. The number of hydrogen-bond donors (Lipinski definition) is 0. The van der Waals surface area contributed by atoms with Crippen molar-refractivity contribution in [3.8, 4) is 5.75 Å². The van der Waals surface area contributed by atoms with Gasteiger partial charge in [0.15, 0.2) is 0 Å². The number of piperazine rings is 1. The lowest BCUT2D eigenvalue weighted by atomic mass is 10.1. The second-order valence-electron chi connectivity index (χ2n) is 5.11. The van der Waals surface area contributed by atoms with E-state index in [1.165, 1.54) is 37.3 Å². The highest BCUT2D eigenvalue weighted by atomic mass is 16.5. The molecule has 0 unspecified atom stereocenters. The van der Waals surface area contributed by atoms with E-state index < -0.39 is 0 Å². The van der Waals surface area contributed by atoms with Crippen LogP contribution in [-0.2, 0) is 6.54 Å². The van der Waals surface area contributed by atoms with Gasteiger partial charge in [-0.05, 0) is 38.1 Å². The standard InChI is InChI=1S/C15H24N2O/c1-4-18-15-6-5-14(11-13(15)2)12-17-9-7-16(3)8-10-17/h5-6,11H,4,7-10,12H2,1-3H3. The molecule has 1 aliphatic rings. The molecule has 3 nitrogen and oxygen atoms in total. The summed E-state index contributed by atoms with van der Waals surface area (Å²) in [6, 6.07) is 6.55. The van der Waals surface area contributed by atoms with Crippen LogP contribution in [0.15, 0.2) is 18.2 Å². The van der Waals surface area contributed by atoms with Gasteiger partial charge in [-0.1, -0.05) is 12.1 Å². The molecule has 0 atom stereocenters. The van der Waals surface area contributed by atoms with Gasteiger partial charge < -0.3 is 9.64 Å².